The minimum absolute atomic E-state index is 0.00544. The lowest BCUT2D eigenvalue weighted by atomic mass is 9.75. The number of Topliss-reactive ketones (excluding diaryl/α,β-unsaturated/α-hetero) is 1. The highest BCUT2D eigenvalue weighted by molar-refractivity contribution is 7.89. The molecule has 11 nitrogen and oxygen atoms in total. The molecule has 2 aromatic rings. The molecule has 0 spiro atoms. The summed E-state index contributed by atoms with van der Waals surface area (Å²) in [5, 5.41) is 16.3. The highest BCUT2D eigenvalue weighted by Crippen LogP contribution is 2.47. The Labute approximate surface area is 200 Å². The summed E-state index contributed by atoms with van der Waals surface area (Å²) >= 11 is 0. The number of nitro groups is 1. The van der Waals surface area contributed by atoms with E-state index in [9.17, 15) is 28.1 Å². The summed E-state index contributed by atoms with van der Waals surface area (Å²) in [6, 6.07) is 11.2. The van der Waals surface area contributed by atoms with E-state index in [0.717, 1.165) is 0 Å². The summed E-state index contributed by atoms with van der Waals surface area (Å²) in [5.41, 5.74) is 8.21. The molecule has 1 unspecified atom stereocenters. The molecule has 0 saturated carbocycles. The van der Waals surface area contributed by atoms with Crippen LogP contribution in [0.25, 0.3) is 0 Å². The van der Waals surface area contributed by atoms with E-state index in [-0.39, 0.29) is 34.2 Å². The molecule has 4 N–H and O–H groups in total. The van der Waals surface area contributed by atoms with Gasteiger partial charge in [0, 0.05) is 35.5 Å². The van der Waals surface area contributed by atoms with Gasteiger partial charge in [-0.1, -0.05) is 12.1 Å². The minimum atomic E-state index is -3.93. The first kappa shape index (κ1) is 24.1. The number of ether oxygens (including phenoxy) is 1. The summed E-state index contributed by atoms with van der Waals surface area (Å²) in [7, 11) is -2.74. The van der Waals surface area contributed by atoms with Crippen molar-refractivity contribution in [3.8, 4) is 0 Å². The monoisotopic (exact) mass is 498 g/mol. The first-order valence-corrected chi connectivity index (χ1v) is 12.1. The van der Waals surface area contributed by atoms with E-state index in [1.165, 1.54) is 55.6 Å². The standard InChI is InChI=1S/C23H22N4O7S/c1-34-23(29)21-19(13-5-7-15(8-6-13)27(30)31)20-17(3-2-4-18(20)28)26(22(21)24)14-9-11-16(12-10-14)35(25,32)33/h5-12,19H,2-4,24H2,1H3,(H2,25,32,33). The van der Waals surface area contributed by atoms with Gasteiger partial charge in [0.25, 0.3) is 5.69 Å². The molecule has 1 atom stereocenters. The summed E-state index contributed by atoms with van der Waals surface area (Å²) in [6.07, 6.45) is 1.28. The number of anilines is 1. The zero-order valence-electron chi connectivity index (χ0n) is 18.6. The summed E-state index contributed by atoms with van der Waals surface area (Å²) in [5.74, 6) is -1.82. The van der Waals surface area contributed by atoms with Crippen LogP contribution in [0.5, 0.6) is 0 Å². The smallest absolute Gasteiger partial charge is 0.338 e. The van der Waals surface area contributed by atoms with Gasteiger partial charge < -0.3 is 10.5 Å². The molecule has 0 aromatic heterocycles. The van der Waals surface area contributed by atoms with Crippen LogP contribution in [-0.2, 0) is 24.3 Å². The van der Waals surface area contributed by atoms with Gasteiger partial charge in [-0.2, -0.15) is 0 Å². The number of non-ortho nitro benzene ring substituents is 1. The molecule has 0 bridgehead atoms. The summed E-state index contributed by atoms with van der Waals surface area (Å²) < 4.78 is 28.3. The number of carbonyl (C=O) groups is 2. The van der Waals surface area contributed by atoms with E-state index in [2.05, 4.69) is 0 Å². The van der Waals surface area contributed by atoms with Crippen LogP contribution in [0.15, 0.2) is 76.1 Å². The van der Waals surface area contributed by atoms with Gasteiger partial charge in [0.05, 0.1) is 28.4 Å². The molecule has 182 valence electrons. The quantitative estimate of drug-likeness (QED) is 0.355. The minimum Gasteiger partial charge on any atom is -0.466 e. The van der Waals surface area contributed by atoms with Crippen LogP contribution in [0, 0.1) is 10.1 Å². The van der Waals surface area contributed by atoms with E-state index in [1.807, 2.05) is 0 Å². The largest absolute Gasteiger partial charge is 0.466 e. The number of hydrogen-bond donors (Lipinski definition) is 2. The highest BCUT2D eigenvalue weighted by atomic mass is 32.2. The van der Waals surface area contributed by atoms with E-state index < -0.39 is 26.8 Å². The second-order valence-corrected chi connectivity index (χ2v) is 9.64. The summed E-state index contributed by atoms with van der Waals surface area (Å²) in [6.45, 7) is 0. The van der Waals surface area contributed by atoms with Gasteiger partial charge >= 0.3 is 5.97 Å². The van der Waals surface area contributed by atoms with Crippen molar-refractivity contribution >= 4 is 33.2 Å². The van der Waals surface area contributed by atoms with E-state index in [0.29, 0.717) is 35.4 Å². The molecule has 35 heavy (non-hydrogen) atoms. The molecule has 0 radical (unpaired) electrons. The first-order valence-electron chi connectivity index (χ1n) is 10.6. The molecule has 2 aliphatic rings. The lowest BCUT2D eigenvalue weighted by Gasteiger charge is -2.40. The van der Waals surface area contributed by atoms with Crippen LogP contribution < -0.4 is 15.8 Å². The van der Waals surface area contributed by atoms with Gasteiger partial charge in [-0.25, -0.2) is 18.4 Å². The number of allylic oxidation sites excluding steroid dienone is 2. The van der Waals surface area contributed by atoms with Crippen molar-refractivity contribution in [3.05, 3.63) is 86.9 Å². The molecule has 12 heteroatoms. The van der Waals surface area contributed by atoms with Gasteiger partial charge in [0.15, 0.2) is 5.78 Å². The maximum absolute atomic E-state index is 13.2. The summed E-state index contributed by atoms with van der Waals surface area (Å²) in [4.78, 5) is 38.2. The zero-order chi connectivity index (χ0) is 25.5. The van der Waals surface area contributed by atoms with Gasteiger partial charge in [-0.15, -0.1) is 0 Å². The van der Waals surface area contributed by atoms with Crippen LogP contribution >= 0.6 is 0 Å². The third-order valence-electron chi connectivity index (χ3n) is 6.06. The average Bonchev–Trinajstić information content (AvgIpc) is 2.82. The molecule has 2 aromatic carbocycles. The first-order chi connectivity index (χ1) is 16.5. The van der Waals surface area contributed by atoms with Crippen LogP contribution in [0.1, 0.15) is 30.7 Å². The highest BCUT2D eigenvalue weighted by Gasteiger charge is 2.43. The van der Waals surface area contributed by atoms with E-state index in [4.69, 9.17) is 15.6 Å². The predicted octanol–water partition coefficient (Wildman–Crippen LogP) is 2.20. The van der Waals surface area contributed by atoms with Gasteiger partial charge in [0.1, 0.15) is 5.82 Å². The Hall–Kier alpha value is -4.03. The van der Waals surface area contributed by atoms with Crippen molar-refractivity contribution in [1.29, 1.82) is 0 Å². The molecule has 0 saturated heterocycles. The third-order valence-corrected chi connectivity index (χ3v) is 6.99. The van der Waals surface area contributed by atoms with Crippen LogP contribution in [0.3, 0.4) is 0 Å². The zero-order valence-corrected chi connectivity index (χ0v) is 19.4. The van der Waals surface area contributed by atoms with Crippen LogP contribution in [-0.4, -0.2) is 32.2 Å². The maximum Gasteiger partial charge on any atom is 0.338 e. The number of nitrogens with two attached hydrogens (primary N) is 2. The predicted molar refractivity (Wildman–Crippen MR) is 125 cm³/mol. The van der Waals surface area contributed by atoms with Gasteiger partial charge in [-0.3, -0.25) is 19.8 Å². The Morgan fingerprint density at radius 2 is 1.74 bits per heavy atom. The number of rotatable bonds is 5. The van der Waals surface area contributed by atoms with E-state index in [1.54, 1.807) is 4.90 Å². The van der Waals surface area contributed by atoms with Gasteiger partial charge in [0.2, 0.25) is 10.0 Å². The van der Waals surface area contributed by atoms with Crippen molar-refractivity contribution in [2.75, 3.05) is 12.0 Å². The number of carbonyl (C=O) groups excluding carboxylic acids is 2. The fourth-order valence-electron chi connectivity index (χ4n) is 4.50. The second-order valence-electron chi connectivity index (χ2n) is 8.08. The van der Waals surface area contributed by atoms with Crippen molar-refractivity contribution in [2.45, 2.75) is 30.1 Å². The van der Waals surface area contributed by atoms with Crippen molar-refractivity contribution < 1.29 is 27.7 Å². The Morgan fingerprint density at radius 3 is 2.29 bits per heavy atom. The lowest BCUT2D eigenvalue weighted by Crippen LogP contribution is -2.40. The number of ketones is 1. The molecule has 0 amide bonds. The SMILES string of the molecule is COC(=O)C1=C(N)N(c2ccc(S(N)(=O)=O)cc2)C2=C(C(=O)CCC2)C1c1ccc([N+](=O)[O-])cc1. The number of primary sulfonamides is 1. The third kappa shape index (κ3) is 4.29. The number of sulfonamides is 1. The number of nitro benzene ring substituents is 1. The number of methoxy groups -OCH3 is 1. The molecular formula is C23H22N4O7S. The fourth-order valence-corrected chi connectivity index (χ4v) is 5.01. The van der Waals surface area contributed by atoms with Gasteiger partial charge in [-0.05, 0) is 42.7 Å². The Bertz CT molecular complexity index is 1390. The molecule has 4 rings (SSSR count). The number of esters is 1. The number of benzene rings is 2. The van der Waals surface area contributed by atoms with Crippen molar-refractivity contribution in [2.24, 2.45) is 10.9 Å². The van der Waals surface area contributed by atoms with Crippen molar-refractivity contribution in [1.82, 2.24) is 0 Å². The lowest BCUT2D eigenvalue weighted by molar-refractivity contribution is -0.384. The molecule has 0 fully saturated rings. The maximum atomic E-state index is 13.2. The van der Waals surface area contributed by atoms with Crippen LogP contribution in [0.4, 0.5) is 11.4 Å². The molecular weight excluding hydrogens is 476 g/mol. The Kier molecular flexibility index (Phi) is 6.17. The number of hydrogen-bond acceptors (Lipinski definition) is 9. The Balaban J connectivity index is 1.94. The second kappa shape index (κ2) is 8.96. The molecule has 1 aliphatic carbocycles. The molecule has 1 heterocycles. The normalized spacial score (nSPS) is 18.4. The van der Waals surface area contributed by atoms with Crippen LogP contribution in [0.2, 0.25) is 0 Å². The Morgan fingerprint density at radius 1 is 1.11 bits per heavy atom. The molecule has 1 aliphatic heterocycles. The van der Waals surface area contributed by atoms with E-state index >= 15 is 0 Å². The number of nitrogens with zero attached hydrogens (tertiary/aromatic N) is 2. The average molecular weight is 499 g/mol. The van der Waals surface area contributed by atoms with Crippen molar-refractivity contribution in [3.63, 3.8) is 0 Å². The fraction of sp³-hybridized carbons (Fsp3) is 0.217. The topological polar surface area (TPSA) is 176 Å².